The molecule has 0 saturated carbocycles. The monoisotopic (exact) mass is 259 g/mol. The third-order valence-corrected chi connectivity index (χ3v) is 2.78. The fraction of sp³-hybridized carbons (Fsp3) is 0.214. The van der Waals surface area contributed by atoms with Gasteiger partial charge in [0, 0.05) is 12.1 Å². The van der Waals surface area contributed by atoms with Gasteiger partial charge in [0.1, 0.15) is 0 Å². The summed E-state index contributed by atoms with van der Waals surface area (Å²) in [5, 5.41) is 12.5. The quantitative estimate of drug-likeness (QED) is 0.481. The number of nitrogens with zero attached hydrogens (tertiary/aromatic N) is 1. The number of carbonyl (C=O) groups excluding carboxylic acids is 1. The highest BCUT2D eigenvalue weighted by molar-refractivity contribution is 5.90. The minimum absolute atomic E-state index is 0.0157. The average Bonchev–Trinajstić information content (AvgIpc) is 2.38. The Morgan fingerprint density at radius 3 is 2.74 bits per heavy atom. The first-order chi connectivity index (χ1) is 9.11. The molecule has 0 atom stereocenters. The van der Waals surface area contributed by atoms with Crippen molar-refractivity contribution in [2.75, 3.05) is 6.61 Å². The molecule has 0 aliphatic rings. The average molecular weight is 259 g/mol. The number of hydrogen-bond acceptors (Lipinski definition) is 4. The van der Waals surface area contributed by atoms with Gasteiger partial charge in [-0.2, -0.15) is 0 Å². The Bertz CT molecular complexity index is 636. The maximum absolute atomic E-state index is 11.5. The van der Waals surface area contributed by atoms with Gasteiger partial charge in [-0.3, -0.25) is 14.9 Å². The van der Waals surface area contributed by atoms with E-state index in [4.69, 9.17) is 4.74 Å². The number of nitro groups is 1. The van der Waals surface area contributed by atoms with Crippen LogP contribution in [0.2, 0.25) is 0 Å². The lowest BCUT2D eigenvalue weighted by Gasteiger charge is -2.06. The maximum Gasteiger partial charge on any atom is 0.310 e. The summed E-state index contributed by atoms with van der Waals surface area (Å²) >= 11 is 0. The Hall–Kier alpha value is -2.43. The number of ether oxygens (including phenoxy) is 1. The van der Waals surface area contributed by atoms with Crippen LogP contribution in [0.5, 0.6) is 0 Å². The number of rotatable bonds is 4. The molecule has 0 amide bonds. The minimum Gasteiger partial charge on any atom is -0.466 e. The van der Waals surface area contributed by atoms with Crippen LogP contribution in [0.4, 0.5) is 5.69 Å². The van der Waals surface area contributed by atoms with Gasteiger partial charge in [0.25, 0.3) is 5.69 Å². The summed E-state index contributed by atoms with van der Waals surface area (Å²) in [4.78, 5) is 22.0. The van der Waals surface area contributed by atoms with Crippen LogP contribution in [0.1, 0.15) is 12.5 Å². The van der Waals surface area contributed by atoms with Gasteiger partial charge in [0.05, 0.1) is 18.0 Å². The molecule has 0 aliphatic heterocycles. The predicted molar refractivity (Wildman–Crippen MR) is 70.9 cm³/mol. The van der Waals surface area contributed by atoms with Gasteiger partial charge in [-0.15, -0.1) is 0 Å². The SMILES string of the molecule is CCOC(=O)Cc1cc([N+](=O)[O-])cc2ccccc12. The summed E-state index contributed by atoms with van der Waals surface area (Å²) in [5.74, 6) is -0.381. The second-order valence-electron chi connectivity index (χ2n) is 4.06. The smallest absolute Gasteiger partial charge is 0.310 e. The van der Waals surface area contributed by atoms with Gasteiger partial charge in [0.2, 0.25) is 0 Å². The van der Waals surface area contributed by atoms with E-state index in [1.54, 1.807) is 19.1 Å². The number of fused-ring (bicyclic) bond motifs is 1. The topological polar surface area (TPSA) is 69.4 Å². The Balaban J connectivity index is 2.50. The first-order valence-electron chi connectivity index (χ1n) is 5.93. The van der Waals surface area contributed by atoms with Gasteiger partial charge in [-0.1, -0.05) is 24.3 Å². The molecule has 0 fully saturated rings. The normalized spacial score (nSPS) is 10.4. The summed E-state index contributed by atoms with van der Waals surface area (Å²) in [6.07, 6.45) is 0.0377. The fourth-order valence-electron chi connectivity index (χ4n) is 1.99. The van der Waals surface area contributed by atoms with E-state index in [1.807, 2.05) is 12.1 Å². The Morgan fingerprint density at radius 2 is 2.05 bits per heavy atom. The number of non-ortho nitro benzene ring substituents is 1. The van der Waals surface area contributed by atoms with Crippen molar-refractivity contribution < 1.29 is 14.5 Å². The van der Waals surface area contributed by atoms with Crippen LogP contribution >= 0.6 is 0 Å². The third-order valence-electron chi connectivity index (χ3n) is 2.78. The number of esters is 1. The molecule has 19 heavy (non-hydrogen) atoms. The molecule has 5 heteroatoms. The van der Waals surface area contributed by atoms with Crippen molar-refractivity contribution in [1.29, 1.82) is 0 Å². The van der Waals surface area contributed by atoms with Crippen LogP contribution in [-0.2, 0) is 16.0 Å². The lowest BCUT2D eigenvalue weighted by atomic mass is 10.0. The number of benzene rings is 2. The molecule has 0 aromatic heterocycles. The molecule has 2 rings (SSSR count). The largest absolute Gasteiger partial charge is 0.466 e. The van der Waals surface area contributed by atoms with E-state index >= 15 is 0 Å². The fourth-order valence-corrected chi connectivity index (χ4v) is 1.99. The van der Waals surface area contributed by atoms with Gasteiger partial charge in [-0.25, -0.2) is 0 Å². The van der Waals surface area contributed by atoms with Crippen molar-refractivity contribution in [1.82, 2.24) is 0 Å². The second-order valence-corrected chi connectivity index (χ2v) is 4.06. The lowest BCUT2D eigenvalue weighted by molar-refractivity contribution is -0.384. The van der Waals surface area contributed by atoms with E-state index < -0.39 is 4.92 Å². The second kappa shape index (κ2) is 5.48. The van der Waals surface area contributed by atoms with E-state index in [-0.39, 0.29) is 18.1 Å². The maximum atomic E-state index is 11.5. The van der Waals surface area contributed by atoms with Crippen molar-refractivity contribution in [3.63, 3.8) is 0 Å². The molecule has 0 N–H and O–H groups in total. The van der Waals surface area contributed by atoms with Crippen LogP contribution in [0, 0.1) is 10.1 Å². The molecule has 0 spiro atoms. The molecular weight excluding hydrogens is 246 g/mol. The highest BCUT2D eigenvalue weighted by Gasteiger charge is 2.14. The van der Waals surface area contributed by atoms with Gasteiger partial charge in [0.15, 0.2) is 0 Å². The lowest BCUT2D eigenvalue weighted by Crippen LogP contribution is -2.08. The highest BCUT2D eigenvalue weighted by atomic mass is 16.6. The molecule has 0 bridgehead atoms. The molecule has 5 nitrogen and oxygen atoms in total. The first-order valence-corrected chi connectivity index (χ1v) is 5.93. The van der Waals surface area contributed by atoms with E-state index in [2.05, 4.69) is 0 Å². The van der Waals surface area contributed by atoms with Crippen LogP contribution in [0.25, 0.3) is 10.8 Å². The highest BCUT2D eigenvalue weighted by Crippen LogP contribution is 2.25. The van der Waals surface area contributed by atoms with E-state index in [9.17, 15) is 14.9 Å². The Kier molecular flexibility index (Phi) is 3.75. The van der Waals surface area contributed by atoms with Crippen LogP contribution in [0.15, 0.2) is 36.4 Å². The van der Waals surface area contributed by atoms with Crippen molar-refractivity contribution in [3.05, 3.63) is 52.1 Å². The van der Waals surface area contributed by atoms with Crippen molar-refractivity contribution in [2.45, 2.75) is 13.3 Å². The van der Waals surface area contributed by atoms with Crippen LogP contribution in [0.3, 0.4) is 0 Å². The first kappa shape index (κ1) is 13.0. The molecule has 98 valence electrons. The zero-order valence-corrected chi connectivity index (χ0v) is 10.5. The van der Waals surface area contributed by atoms with E-state index in [0.717, 1.165) is 10.8 Å². The number of hydrogen-bond donors (Lipinski definition) is 0. The summed E-state index contributed by atoms with van der Waals surface area (Å²) in [5.41, 5.74) is 0.598. The van der Waals surface area contributed by atoms with Crippen molar-refractivity contribution in [2.24, 2.45) is 0 Å². The summed E-state index contributed by atoms with van der Waals surface area (Å²) in [6, 6.07) is 10.2. The van der Waals surface area contributed by atoms with Gasteiger partial charge in [-0.05, 0) is 23.3 Å². The summed E-state index contributed by atoms with van der Waals surface area (Å²) < 4.78 is 4.89. The molecule has 0 unspecified atom stereocenters. The summed E-state index contributed by atoms with van der Waals surface area (Å²) in [6.45, 7) is 2.02. The number of carbonyl (C=O) groups is 1. The molecule has 0 heterocycles. The molecule has 0 radical (unpaired) electrons. The third kappa shape index (κ3) is 2.88. The Morgan fingerprint density at radius 1 is 1.32 bits per heavy atom. The van der Waals surface area contributed by atoms with Crippen molar-refractivity contribution in [3.8, 4) is 0 Å². The van der Waals surface area contributed by atoms with Gasteiger partial charge >= 0.3 is 5.97 Å². The summed E-state index contributed by atoms with van der Waals surface area (Å²) in [7, 11) is 0. The molecule has 2 aromatic rings. The standard InChI is InChI=1S/C14H13NO4/c1-2-19-14(16)9-11-8-12(15(17)18)7-10-5-3-4-6-13(10)11/h3-8H,2,9H2,1H3. The van der Waals surface area contributed by atoms with Crippen molar-refractivity contribution >= 4 is 22.4 Å². The van der Waals surface area contributed by atoms with Gasteiger partial charge < -0.3 is 4.74 Å². The number of nitro benzene ring substituents is 1. The molecular formula is C14H13NO4. The van der Waals surface area contributed by atoms with Crippen LogP contribution < -0.4 is 0 Å². The van der Waals surface area contributed by atoms with Crippen LogP contribution in [-0.4, -0.2) is 17.5 Å². The Labute approximate surface area is 110 Å². The van der Waals surface area contributed by atoms with E-state index in [1.165, 1.54) is 12.1 Å². The van der Waals surface area contributed by atoms with E-state index in [0.29, 0.717) is 12.2 Å². The zero-order chi connectivity index (χ0) is 13.8. The zero-order valence-electron chi connectivity index (χ0n) is 10.5. The molecule has 0 saturated heterocycles. The minimum atomic E-state index is -0.457. The predicted octanol–water partition coefficient (Wildman–Crippen LogP) is 2.85. The molecule has 0 aliphatic carbocycles. The molecule has 2 aromatic carbocycles.